The van der Waals surface area contributed by atoms with Gasteiger partial charge >= 0.3 is 0 Å². The highest BCUT2D eigenvalue weighted by atomic mass is 16.3. The summed E-state index contributed by atoms with van der Waals surface area (Å²) in [5.41, 5.74) is -1.45. The third kappa shape index (κ3) is 3.39. The molecule has 3 heteroatoms. The van der Waals surface area contributed by atoms with Crippen molar-refractivity contribution in [2.75, 3.05) is 13.6 Å². The van der Waals surface area contributed by atoms with Crippen LogP contribution in [-0.2, 0) is 0 Å². The summed E-state index contributed by atoms with van der Waals surface area (Å²) in [4.78, 5) is 2.29. The maximum Gasteiger partial charge on any atom is 0.0881 e. The van der Waals surface area contributed by atoms with Crippen molar-refractivity contribution in [3.63, 3.8) is 0 Å². The lowest BCUT2D eigenvalue weighted by atomic mass is 9.77. The van der Waals surface area contributed by atoms with Crippen LogP contribution in [0.5, 0.6) is 0 Å². The third-order valence-electron chi connectivity index (χ3n) is 5.19. The molecule has 0 aromatic heterocycles. The average Bonchev–Trinajstić information content (AvgIpc) is 2.36. The fourth-order valence-corrected chi connectivity index (χ4v) is 3.46. The van der Waals surface area contributed by atoms with Crippen molar-refractivity contribution in [2.24, 2.45) is 5.92 Å². The molecule has 0 spiro atoms. The molecule has 2 fully saturated rings. The first-order valence-corrected chi connectivity index (χ1v) is 7.70. The zero-order valence-corrected chi connectivity index (χ0v) is 12.6. The first kappa shape index (κ1) is 15.0. The fourth-order valence-electron chi connectivity index (χ4n) is 3.46. The Balaban J connectivity index is 2.07. The number of piperidine rings is 1. The highest BCUT2D eigenvalue weighted by Gasteiger charge is 2.40. The molecule has 0 amide bonds. The molecule has 110 valence electrons. The summed E-state index contributed by atoms with van der Waals surface area (Å²) in [5.74, 6) is 0.206. The van der Waals surface area contributed by atoms with Gasteiger partial charge in [0.05, 0.1) is 11.2 Å². The lowest BCUT2D eigenvalue weighted by Gasteiger charge is -2.44. The Morgan fingerprint density at radius 1 is 1.05 bits per heavy atom. The maximum atomic E-state index is 10.8. The number of likely N-dealkylation sites (tertiary alicyclic amines) is 1. The lowest BCUT2D eigenvalue weighted by molar-refractivity contribution is -0.0441. The molecule has 0 aromatic carbocycles. The van der Waals surface area contributed by atoms with Gasteiger partial charge < -0.3 is 15.1 Å². The van der Waals surface area contributed by atoms with Gasteiger partial charge in [-0.15, -0.1) is 0 Å². The van der Waals surface area contributed by atoms with Gasteiger partial charge in [-0.3, -0.25) is 0 Å². The Morgan fingerprint density at radius 2 is 1.68 bits per heavy atom. The molecule has 0 aromatic rings. The van der Waals surface area contributed by atoms with Crippen molar-refractivity contribution < 1.29 is 10.2 Å². The monoisotopic (exact) mass is 267 g/mol. The number of rotatable bonds is 2. The van der Waals surface area contributed by atoms with Gasteiger partial charge in [0, 0.05) is 18.5 Å². The predicted octanol–water partition coefficient (Wildman–Crippen LogP) is 2.33. The SMILES string of the molecule is C[C@@H]1CN(C)[C@@H](C)C[C@@]1(O)/C=C/C1(O)CCCCC1. The van der Waals surface area contributed by atoms with Crippen molar-refractivity contribution >= 4 is 0 Å². The van der Waals surface area contributed by atoms with E-state index < -0.39 is 11.2 Å². The predicted molar refractivity (Wildman–Crippen MR) is 78.0 cm³/mol. The van der Waals surface area contributed by atoms with E-state index in [0.29, 0.717) is 6.04 Å². The summed E-state index contributed by atoms with van der Waals surface area (Å²) in [7, 11) is 2.11. The molecule has 0 radical (unpaired) electrons. The Hall–Kier alpha value is -0.380. The highest BCUT2D eigenvalue weighted by Crippen LogP contribution is 2.35. The van der Waals surface area contributed by atoms with E-state index in [1.54, 1.807) is 0 Å². The van der Waals surface area contributed by atoms with Crippen LogP contribution in [0.1, 0.15) is 52.4 Å². The first-order chi connectivity index (χ1) is 8.85. The molecule has 19 heavy (non-hydrogen) atoms. The molecule has 3 nitrogen and oxygen atoms in total. The molecule has 2 rings (SSSR count). The van der Waals surface area contributed by atoms with Crippen molar-refractivity contribution in [3.8, 4) is 0 Å². The van der Waals surface area contributed by atoms with E-state index in [0.717, 1.165) is 38.6 Å². The normalized spacial score (nSPS) is 40.7. The number of aliphatic hydroxyl groups is 2. The number of nitrogens with zero attached hydrogens (tertiary/aromatic N) is 1. The van der Waals surface area contributed by atoms with E-state index in [-0.39, 0.29) is 5.92 Å². The van der Waals surface area contributed by atoms with Crippen molar-refractivity contribution in [1.29, 1.82) is 0 Å². The van der Waals surface area contributed by atoms with Crippen LogP contribution in [0.25, 0.3) is 0 Å². The van der Waals surface area contributed by atoms with Crippen LogP contribution in [0, 0.1) is 5.92 Å². The largest absolute Gasteiger partial charge is 0.386 e. The van der Waals surface area contributed by atoms with Crippen LogP contribution < -0.4 is 0 Å². The Bertz CT molecular complexity index is 336. The van der Waals surface area contributed by atoms with Gasteiger partial charge in [0.2, 0.25) is 0 Å². The molecule has 1 heterocycles. The quantitative estimate of drug-likeness (QED) is 0.755. The van der Waals surface area contributed by atoms with Crippen LogP contribution in [-0.4, -0.2) is 45.9 Å². The van der Waals surface area contributed by atoms with Gasteiger partial charge in [0.15, 0.2) is 0 Å². The molecule has 1 saturated carbocycles. The molecule has 1 saturated heterocycles. The minimum atomic E-state index is -0.765. The van der Waals surface area contributed by atoms with E-state index in [1.807, 2.05) is 12.2 Å². The second kappa shape index (κ2) is 5.55. The van der Waals surface area contributed by atoms with Crippen molar-refractivity contribution in [3.05, 3.63) is 12.2 Å². The Labute approximate surface area is 117 Å². The molecule has 0 unspecified atom stereocenters. The minimum Gasteiger partial charge on any atom is -0.386 e. The molecule has 0 bridgehead atoms. The van der Waals surface area contributed by atoms with Gasteiger partial charge in [-0.05, 0) is 33.2 Å². The van der Waals surface area contributed by atoms with Gasteiger partial charge in [-0.2, -0.15) is 0 Å². The van der Waals surface area contributed by atoms with Crippen molar-refractivity contribution in [1.82, 2.24) is 4.90 Å². The fraction of sp³-hybridized carbons (Fsp3) is 0.875. The average molecular weight is 267 g/mol. The zero-order chi connectivity index (χ0) is 14.1. The molecule has 2 aliphatic rings. The summed E-state index contributed by atoms with van der Waals surface area (Å²) in [6, 6.07) is 0.381. The second-order valence-electron chi connectivity index (χ2n) is 6.88. The summed E-state index contributed by atoms with van der Waals surface area (Å²) in [6.45, 7) is 5.15. The van der Waals surface area contributed by atoms with E-state index in [1.165, 1.54) is 6.42 Å². The number of hydrogen-bond acceptors (Lipinski definition) is 3. The molecule has 1 aliphatic carbocycles. The maximum absolute atomic E-state index is 10.8. The second-order valence-corrected chi connectivity index (χ2v) is 6.88. The van der Waals surface area contributed by atoms with Crippen LogP contribution in [0.3, 0.4) is 0 Å². The molecule has 3 atom stereocenters. The van der Waals surface area contributed by atoms with Crippen LogP contribution >= 0.6 is 0 Å². The molecule has 1 aliphatic heterocycles. The smallest absolute Gasteiger partial charge is 0.0881 e. The number of hydrogen-bond donors (Lipinski definition) is 2. The van der Waals surface area contributed by atoms with Crippen LogP contribution in [0.2, 0.25) is 0 Å². The van der Waals surface area contributed by atoms with E-state index in [9.17, 15) is 10.2 Å². The Morgan fingerprint density at radius 3 is 2.32 bits per heavy atom. The van der Waals surface area contributed by atoms with E-state index >= 15 is 0 Å². The minimum absolute atomic E-state index is 0.206. The van der Waals surface area contributed by atoms with Crippen LogP contribution in [0.4, 0.5) is 0 Å². The molecule has 2 N–H and O–H groups in total. The summed E-state index contributed by atoms with van der Waals surface area (Å²) in [5, 5.41) is 21.4. The van der Waals surface area contributed by atoms with Crippen LogP contribution in [0.15, 0.2) is 12.2 Å². The van der Waals surface area contributed by atoms with Gasteiger partial charge in [-0.25, -0.2) is 0 Å². The van der Waals surface area contributed by atoms with Crippen molar-refractivity contribution in [2.45, 2.75) is 69.6 Å². The summed E-state index contributed by atoms with van der Waals surface area (Å²) >= 11 is 0. The zero-order valence-electron chi connectivity index (χ0n) is 12.6. The standard InChI is InChI=1S/C16H29NO2/c1-13-12-17(3)14(2)11-16(13,19)10-9-15(18)7-5-4-6-8-15/h9-10,13-14,18-19H,4-8,11-12H2,1-3H3/b10-9+/t13-,14+,16+/m1/s1. The van der Waals surface area contributed by atoms with E-state index in [4.69, 9.17) is 0 Å². The highest BCUT2D eigenvalue weighted by molar-refractivity contribution is 5.13. The topological polar surface area (TPSA) is 43.7 Å². The summed E-state index contributed by atoms with van der Waals surface area (Å²) < 4.78 is 0. The lowest BCUT2D eigenvalue weighted by Crippen LogP contribution is -2.52. The Kier molecular flexibility index (Phi) is 4.38. The van der Waals surface area contributed by atoms with Gasteiger partial charge in [0.25, 0.3) is 0 Å². The van der Waals surface area contributed by atoms with Gasteiger partial charge in [0.1, 0.15) is 0 Å². The van der Waals surface area contributed by atoms with E-state index in [2.05, 4.69) is 25.8 Å². The summed E-state index contributed by atoms with van der Waals surface area (Å²) in [6.07, 6.45) is 9.61. The molecular weight excluding hydrogens is 238 g/mol. The third-order valence-corrected chi connectivity index (χ3v) is 5.19. The first-order valence-electron chi connectivity index (χ1n) is 7.70. The molecular formula is C16H29NO2. The van der Waals surface area contributed by atoms with Gasteiger partial charge in [-0.1, -0.05) is 38.3 Å².